The van der Waals surface area contributed by atoms with Gasteiger partial charge in [0.15, 0.2) is 5.15 Å². The second kappa shape index (κ2) is 6.07. The van der Waals surface area contributed by atoms with Crippen molar-refractivity contribution in [2.45, 2.75) is 26.4 Å². The monoisotopic (exact) mass is 350 g/mol. The molecule has 0 saturated carbocycles. The zero-order valence-electron chi connectivity index (χ0n) is 12.2. The van der Waals surface area contributed by atoms with Crippen LogP contribution in [-0.4, -0.2) is 24.0 Å². The molecule has 118 valence electrons. The fraction of sp³-hybridized carbons (Fsp3) is 0.286. The van der Waals surface area contributed by atoms with Crippen molar-refractivity contribution >= 4 is 28.7 Å². The van der Waals surface area contributed by atoms with Crippen LogP contribution in [-0.2, 0) is 13.1 Å². The van der Waals surface area contributed by atoms with Crippen LogP contribution < -0.4 is 5.56 Å². The van der Waals surface area contributed by atoms with Crippen molar-refractivity contribution in [3.05, 3.63) is 50.4 Å². The Hall–Kier alpha value is -2.30. The number of halogens is 2. The van der Waals surface area contributed by atoms with E-state index < -0.39 is 0 Å². The van der Waals surface area contributed by atoms with Crippen LogP contribution in [0, 0.1) is 18.3 Å². The van der Waals surface area contributed by atoms with Gasteiger partial charge < -0.3 is 4.57 Å². The first-order chi connectivity index (χ1) is 11.0. The molecule has 0 N–H and O–H groups in total. The lowest BCUT2D eigenvalue weighted by molar-refractivity contribution is 0.654. The van der Waals surface area contributed by atoms with Crippen LogP contribution in [0.1, 0.15) is 17.8 Å². The van der Waals surface area contributed by atoms with Gasteiger partial charge in [0.1, 0.15) is 10.7 Å². The molecule has 0 aromatic carbocycles. The standard InChI is InChI=1S/C14H12Cl2N6O/c1-9-7-20(4-2-3-17)14(23)11-5-10(18-22(9)11)8-21-13(16)6-12(15)19-21/h5-7H,2,4,8H2,1H3. The Bertz CT molecular complexity index is 978. The minimum absolute atomic E-state index is 0.186. The highest BCUT2D eigenvalue weighted by atomic mass is 35.5. The summed E-state index contributed by atoms with van der Waals surface area (Å²) in [6.07, 6.45) is 1.97. The lowest BCUT2D eigenvalue weighted by atomic mass is 10.3. The Balaban J connectivity index is 2.03. The molecular formula is C14H12Cl2N6O. The number of rotatable bonds is 4. The van der Waals surface area contributed by atoms with Crippen LogP contribution in [0.5, 0.6) is 0 Å². The molecule has 0 aliphatic heterocycles. The molecule has 0 spiro atoms. The molecule has 3 aromatic rings. The number of fused-ring (bicyclic) bond motifs is 1. The molecule has 0 bridgehead atoms. The summed E-state index contributed by atoms with van der Waals surface area (Å²) in [6, 6.07) is 5.28. The smallest absolute Gasteiger partial charge is 0.276 e. The summed E-state index contributed by atoms with van der Waals surface area (Å²) in [4.78, 5) is 12.4. The van der Waals surface area contributed by atoms with Gasteiger partial charge in [-0.1, -0.05) is 23.2 Å². The number of hydrogen-bond donors (Lipinski definition) is 0. The third-order valence-electron chi connectivity index (χ3n) is 3.39. The van der Waals surface area contributed by atoms with E-state index in [4.69, 9.17) is 28.5 Å². The average molecular weight is 351 g/mol. The Morgan fingerprint density at radius 2 is 2.09 bits per heavy atom. The fourth-order valence-electron chi connectivity index (χ4n) is 2.38. The van der Waals surface area contributed by atoms with E-state index in [9.17, 15) is 4.79 Å². The van der Waals surface area contributed by atoms with Crippen LogP contribution in [0.25, 0.3) is 5.52 Å². The third kappa shape index (κ3) is 2.96. The molecule has 0 aliphatic carbocycles. The summed E-state index contributed by atoms with van der Waals surface area (Å²) in [7, 11) is 0. The molecule has 9 heteroatoms. The maximum absolute atomic E-state index is 12.4. The number of hydrogen-bond acceptors (Lipinski definition) is 4. The zero-order valence-corrected chi connectivity index (χ0v) is 13.7. The second-order valence-electron chi connectivity index (χ2n) is 5.06. The van der Waals surface area contributed by atoms with Gasteiger partial charge >= 0.3 is 0 Å². The highest BCUT2D eigenvalue weighted by Crippen LogP contribution is 2.16. The Morgan fingerprint density at radius 1 is 1.30 bits per heavy atom. The number of aromatic nitrogens is 5. The van der Waals surface area contributed by atoms with Crippen LogP contribution >= 0.6 is 23.2 Å². The Kier molecular flexibility index (Phi) is 4.11. The molecule has 3 rings (SSSR count). The van der Waals surface area contributed by atoms with Crippen LogP contribution in [0.3, 0.4) is 0 Å². The number of nitrogens with zero attached hydrogens (tertiary/aromatic N) is 6. The van der Waals surface area contributed by atoms with Gasteiger partial charge in [-0.05, 0) is 13.0 Å². The Morgan fingerprint density at radius 3 is 2.74 bits per heavy atom. The van der Waals surface area contributed by atoms with E-state index in [2.05, 4.69) is 10.2 Å². The molecule has 0 fully saturated rings. The highest BCUT2D eigenvalue weighted by molar-refractivity contribution is 6.33. The van der Waals surface area contributed by atoms with Crippen molar-refractivity contribution in [1.29, 1.82) is 5.26 Å². The minimum atomic E-state index is -0.186. The first kappa shape index (κ1) is 15.6. The Labute approximate surface area is 141 Å². The first-order valence-electron chi connectivity index (χ1n) is 6.84. The second-order valence-corrected chi connectivity index (χ2v) is 5.83. The van der Waals surface area contributed by atoms with Crippen molar-refractivity contribution in [2.75, 3.05) is 0 Å². The van der Waals surface area contributed by atoms with Gasteiger partial charge in [0.2, 0.25) is 0 Å². The van der Waals surface area contributed by atoms with Crippen molar-refractivity contribution in [3.8, 4) is 6.07 Å². The maximum atomic E-state index is 12.4. The van der Waals surface area contributed by atoms with Gasteiger partial charge in [0.25, 0.3) is 5.56 Å². The van der Waals surface area contributed by atoms with E-state index in [0.29, 0.717) is 34.6 Å². The quantitative estimate of drug-likeness (QED) is 0.722. The third-order valence-corrected chi connectivity index (χ3v) is 3.88. The van der Waals surface area contributed by atoms with Gasteiger partial charge in [-0.15, -0.1) is 0 Å². The summed E-state index contributed by atoms with van der Waals surface area (Å²) in [5.74, 6) is 0. The average Bonchev–Trinajstić information content (AvgIpc) is 3.06. The first-order valence-corrected chi connectivity index (χ1v) is 7.59. The maximum Gasteiger partial charge on any atom is 0.276 e. The lowest BCUT2D eigenvalue weighted by Gasteiger charge is -2.06. The van der Waals surface area contributed by atoms with Crippen molar-refractivity contribution in [2.24, 2.45) is 0 Å². The molecule has 7 nitrogen and oxygen atoms in total. The highest BCUT2D eigenvalue weighted by Gasteiger charge is 2.12. The van der Waals surface area contributed by atoms with Crippen molar-refractivity contribution in [1.82, 2.24) is 24.0 Å². The molecule has 3 heterocycles. The molecule has 23 heavy (non-hydrogen) atoms. The zero-order chi connectivity index (χ0) is 16.6. The fourth-order valence-corrected chi connectivity index (χ4v) is 2.83. The van der Waals surface area contributed by atoms with Crippen molar-refractivity contribution < 1.29 is 0 Å². The van der Waals surface area contributed by atoms with Gasteiger partial charge in [-0.2, -0.15) is 15.5 Å². The SMILES string of the molecule is Cc1cn(CCC#N)c(=O)c2cc(Cn3nc(Cl)cc3Cl)nn12. The normalized spacial score (nSPS) is 11.0. The summed E-state index contributed by atoms with van der Waals surface area (Å²) >= 11 is 11.8. The van der Waals surface area contributed by atoms with E-state index in [1.54, 1.807) is 22.8 Å². The predicted molar refractivity (Wildman–Crippen MR) is 85.8 cm³/mol. The summed E-state index contributed by atoms with van der Waals surface area (Å²) in [5.41, 5.74) is 1.71. The van der Waals surface area contributed by atoms with E-state index in [1.807, 2.05) is 13.0 Å². The summed E-state index contributed by atoms with van der Waals surface area (Å²) in [6.45, 7) is 2.52. The largest absolute Gasteiger partial charge is 0.311 e. The molecule has 0 aliphatic rings. The van der Waals surface area contributed by atoms with Gasteiger partial charge in [0, 0.05) is 18.8 Å². The predicted octanol–water partition coefficient (Wildman–Crippen LogP) is 2.27. The summed E-state index contributed by atoms with van der Waals surface area (Å²) < 4.78 is 4.62. The molecule has 0 radical (unpaired) electrons. The van der Waals surface area contributed by atoms with E-state index in [-0.39, 0.29) is 12.0 Å². The number of nitriles is 1. The molecule has 3 aromatic heterocycles. The van der Waals surface area contributed by atoms with Gasteiger partial charge in [-0.25, -0.2) is 9.20 Å². The van der Waals surface area contributed by atoms with Crippen LogP contribution in [0.4, 0.5) is 0 Å². The molecular weight excluding hydrogens is 339 g/mol. The molecule has 0 amide bonds. The van der Waals surface area contributed by atoms with Crippen LogP contribution in [0.15, 0.2) is 23.1 Å². The number of aryl methyl sites for hydroxylation is 2. The minimum Gasteiger partial charge on any atom is -0.311 e. The lowest BCUT2D eigenvalue weighted by Crippen LogP contribution is -2.22. The topological polar surface area (TPSA) is 80.9 Å². The van der Waals surface area contributed by atoms with E-state index >= 15 is 0 Å². The van der Waals surface area contributed by atoms with Crippen LogP contribution in [0.2, 0.25) is 10.3 Å². The van der Waals surface area contributed by atoms with Gasteiger partial charge in [-0.3, -0.25) is 4.79 Å². The van der Waals surface area contributed by atoms with Gasteiger partial charge in [0.05, 0.1) is 30.4 Å². The molecule has 0 saturated heterocycles. The van der Waals surface area contributed by atoms with Crippen molar-refractivity contribution in [3.63, 3.8) is 0 Å². The van der Waals surface area contributed by atoms with E-state index in [1.165, 1.54) is 9.25 Å². The van der Waals surface area contributed by atoms with E-state index in [0.717, 1.165) is 5.69 Å². The molecule has 0 atom stereocenters. The molecule has 0 unspecified atom stereocenters. The summed E-state index contributed by atoms with van der Waals surface area (Å²) in [5, 5.41) is 17.9.